The Kier molecular flexibility index (Phi) is 4.63. The van der Waals surface area contributed by atoms with Crippen LogP contribution in [0.4, 0.5) is 16.3 Å². The number of hydrogen-bond acceptors (Lipinski definition) is 5. The molecule has 0 saturated carbocycles. The maximum atomic E-state index is 12.7. The zero-order chi connectivity index (χ0) is 18.3. The first kappa shape index (κ1) is 18.3. The molecule has 1 aliphatic heterocycles. The summed E-state index contributed by atoms with van der Waals surface area (Å²) in [7, 11) is 1.71. The number of ether oxygens (including phenoxy) is 1. The SMILES string of the molecule is Cn1cc(NC(=O)OC(C)(C)C)c(N2CC(CO)C(C)(C)C2=O)n1. The van der Waals surface area contributed by atoms with E-state index in [0.29, 0.717) is 18.1 Å². The van der Waals surface area contributed by atoms with Crippen LogP contribution in [0.2, 0.25) is 0 Å². The lowest BCUT2D eigenvalue weighted by Gasteiger charge is -2.22. The van der Waals surface area contributed by atoms with Gasteiger partial charge < -0.3 is 9.84 Å². The summed E-state index contributed by atoms with van der Waals surface area (Å²) in [5.74, 6) is 0.0336. The summed E-state index contributed by atoms with van der Waals surface area (Å²) in [6.45, 7) is 9.19. The van der Waals surface area contributed by atoms with Crippen LogP contribution in [0.3, 0.4) is 0 Å². The van der Waals surface area contributed by atoms with Gasteiger partial charge in [0.15, 0.2) is 5.82 Å². The molecule has 2 rings (SSSR count). The average Bonchev–Trinajstić information content (AvgIpc) is 2.86. The number of rotatable bonds is 3. The van der Waals surface area contributed by atoms with Crippen LogP contribution >= 0.6 is 0 Å². The second-order valence-electron chi connectivity index (χ2n) is 7.68. The van der Waals surface area contributed by atoms with Crippen LogP contribution in [0.25, 0.3) is 0 Å². The molecule has 2 N–H and O–H groups in total. The molecular formula is C16H26N4O4. The van der Waals surface area contributed by atoms with E-state index in [4.69, 9.17) is 4.74 Å². The van der Waals surface area contributed by atoms with E-state index in [-0.39, 0.29) is 18.4 Å². The Labute approximate surface area is 141 Å². The summed E-state index contributed by atoms with van der Waals surface area (Å²) in [5.41, 5.74) is -0.912. The van der Waals surface area contributed by atoms with E-state index < -0.39 is 17.1 Å². The van der Waals surface area contributed by atoms with Crippen LogP contribution in [0.1, 0.15) is 34.6 Å². The van der Waals surface area contributed by atoms with Gasteiger partial charge in [0.1, 0.15) is 11.3 Å². The number of carbonyl (C=O) groups is 2. The van der Waals surface area contributed by atoms with Gasteiger partial charge in [-0.1, -0.05) is 13.8 Å². The molecule has 0 spiro atoms. The van der Waals surface area contributed by atoms with Gasteiger partial charge in [-0.05, 0) is 20.8 Å². The van der Waals surface area contributed by atoms with Crippen molar-refractivity contribution in [3.8, 4) is 0 Å². The minimum absolute atomic E-state index is 0.0864. The number of aliphatic hydroxyl groups excluding tert-OH is 1. The molecular weight excluding hydrogens is 312 g/mol. The quantitative estimate of drug-likeness (QED) is 0.875. The van der Waals surface area contributed by atoms with Crippen LogP contribution < -0.4 is 10.2 Å². The molecule has 8 heteroatoms. The third-order valence-corrected chi connectivity index (χ3v) is 4.14. The smallest absolute Gasteiger partial charge is 0.412 e. The lowest BCUT2D eigenvalue weighted by Crippen LogP contribution is -2.33. The van der Waals surface area contributed by atoms with Gasteiger partial charge in [0.05, 0.1) is 11.6 Å². The molecule has 1 saturated heterocycles. The van der Waals surface area contributed by atoms with Crippen LogP contribution in [-0.2, 0) is 16.6 Å². The van der Waals surface area contributed by atoms with Gasteiger partial charge in [-0.3, -0.25) is 19.7 Å². The molecule has 1 atom stereocenters. The molecule has 134 valence electrons. The molecule has 0 bridgehead atoms. The summed E-state index contributed by atoms with van der Waals surface area (Å²) in [6, 6.07) is 0. The highest BCUT2D eigenvalue weighted by Gasteiger charge is 2.48. The highest BCUT2D eigenvalue weighted by molar-refractivity contribution is 6.02. The minimum Gasteiger partial charge on any atom is -0.444 e. The first-order valence-corrected chi connectivity index (χ1v) is 7.92. The number of aliphatic hydroxyl groups is 1. The topological polar surface area (TPSA) is 96.7 Å². The van der Waals surface area contributed by atoms with Crippen molar-refractivity contribution in [3.05, 3.63) is 6.20 Å². The summed E-state index contributed by atoms with van der Waals surface area (Å²) in [4.78, 5) is 26.2. The number of nitrogens with zero attached hydrogens (tertiary/aromatic N) is 3. The van der Waals surface area contributed by atoms with Gasteiger partial charge in [0.2, 0.25) is 5.91 Å². The molecule has 1 unspecified atom stereocenters. The molecule has 2 heterocycles. The minimum atomic E-state index is -0.685. The maximum Gasteiger partial charge on any atom is 0.412 e. The number of amides is 2. The van der Waals surface area contributed by atoms with Gasteiger partial charge >= 0.3 is 6.09 Å². The molecule has 1 fully saturated rings. The summed E-state index contributed by atoms with van der Waals surface area (Å²) < 4.78 is 6.77. The zero-order valence-corrected chi connectivity index (χ0v) is 15.1. The van der Waals surface area contributed by atoms with Gasteiger partial charge in [-0.2, -0.15) is 5.10 Å². The van der Waals surface area contributed by atoms with Crippen LogP contribution in [0.15, 0.2) is 6.20 Å². The average molecular weight is 338 g/mol. The highest BCUT2D eigenvalue weighted by atomic mass is 16.6. The Hall–Kier alpha value is -2.09. The van der Waals surface area contributed by atoms with E-state index in [0.717, 1.165) is 0 Å². The second-order valence-corrected chi connectivity index (χ2v) is 7.68. The number of anilines is 2. The first-order valence-electron chi connectivity index (χ1n) is 7.92. The third-order valence-electron chi connectivity index (χ3n) is 4.14. The lowest BCUT2D eigenvalue weighted by atomic mass is 9.82. The first-order chi connectivity index (χ1) is 11.0. The lowest BCUT2D eigenvalue weighted by molar-refractivity contribution is -0.125. The molecule has 24 heavy (non-hydrogen) atoms. The van der Waals surface area contributed by atoms with E-state index in [2.05, 4.69) is 10.4 Å². The number of nitrogens with one attached hydrogen (secondary N) is 1. The fraction of sp³-hybridized carbons (Fsp3) is 0.688. The highest BCUT2D eigenvalue weighted by Crippen LogP contribution is 2.40. The summed E-state index contributed by atoms with van der Waals surface area (Å²) in [5, 5.41) is 16.5. The number of aryl methyl sites for hydroxylation is 1. The fourth-order valence-electron chi connectivity index (χ4n) is 2.70. The van der Waals surface area contributed by atoms with E-state index >= 15 is 0 Å². The Morgan fingerprint density at radius 2 is 2.12 bits per heavy atom. The molecule has 0 radical (unpaired) electrons. The predicted molar refractivity (Wildman–Crippen MR) is 89.8 cm³/mol. The van der Waals surface area contributed by atoms with Gasteiger partial charge in [-0.25, -0.2) is 4.79 Å². The molecule has 8 nitrogen and oxygen atoms in total. The molecule has 0 aliphatic carbocycles. The van der Waals surface area contributed by atoms with Crippen molar-refractivity contribution in [2.75, 3.05) is 23.4 Å². The largest absolute Gasteiger partial charge is 0.444 e. The van der Waals surface area contributed by atoms with Crippen molar-refractivity contribution >= 4 is 23.5 Å². The Balaban J connectivity index is 2.27. The van der Waals surface area contributed by atoms with E-state index in [1.54, 1.807) is 47.9 Å². The monoisotopic (exact) mass is 338 g/mol. The van der Waals surface area contributed by atoms with Crippen molar-refractivity contribution in [3.63, 3.8) is 0 Å². The van der Waals surface area contributed by atoms with Crippen molar-refractivity contribution in [1.82, 2.24) is 9.78 Å². The Bertz CT molecular complexity index is 645. The van der Waals surface area contributed by atoms with Gasteiger partial charge in [0, 0.05) is 26.1 Å². The zero-order valence-electron chi connectivity index (χ0n) is 15.1. The van der Waals surface area contributed by atoms with Gasteiger partial charge in [-0.15, -0.1) is 0 Å². The maximum absolute atomic E-state index is 12.7. The van der Waals surface area contributed by atoms with Crippen molar-refractivity contribution < 1.29 is 19.4 Å². The van der Waals surface area contributed by atoms with E-state index in [9.17, 15) is 14.7 Å². The van der Waals surface area contributed by atoms with Crippen LogP contribution in [-0.4, -0.2) is 45.6 Å². The second kappa shape index (κ2) is 6.08. The fourth-order valence-corrected chi connectivity index (χ4v) is 2.70. The van der Waals surface area contributed by atoms with E-state index in [1.807, 2.05) is 0 Å². The van der Waals surface area contributed by atoms with Crippen molar-refractivity contribution in [2.45, 2.75) is 40.2 Å². The molecule has 2 amide bonds. The summed E-state index contributed by atoms with van der Waals surface area (Å²) >= 11 is 0. The molecule has 1 aromatic heterocycles. The predicted octanol–water partition coefficient (Wildman–Crippen LogP) is 1.75. The van der Waals surface area contributed by atoms with E-state index in [1.165, 1.54) is 9.58 Å². The van der Waals surface area contributed by atoms with Crippen molar-refractivity contribution in [1.29, 1.82) is 0 Å². The Morgan fingerprint density at radius 1 is 1.50 bits per heavy atom. The van der Waals surface area contributed by atoms with Crippen LogP contribution in [0.5, 0.6) is 0 Å². The Morgan fingerprint density at radius 3 is 2.62 bits per heavy atom. The summed E-state index contributed by atoms with van der Waals surface area (Å²) in [6.07, 6.45) is 1.01. The number of hydrogen-bond donors (Lipinski definition) is 2. The number of aromatic nitrogens is 2. The molecule has 0 aromatic carbocycles. The van der Waals surface area contributed by atoms with Crippen LogP contribution in [0, 0.1) is 11.3 Å². The standard InChI is InChI=1S/C16H26N4O4/c1-15(2,3)24-14(23)17-11-8-19(6)18-12(11)20-7-10(9-21)16(4,5)13(20)22/h8,10,21H,7,9H2,1-6H3,(H,17,23). The van der Waals surface area contributed by atoms with Crippen molar-refractivity contribution in [2.24, 2.45) is 18.4 Å². The normalized spacial score (nSPS) is 20.4. The van der Waals surface area contributed by atoms with Gasteiger partial charge in [0.25, 0.3) is 0 Å². The molecule has 1 aliphatic rings. The number of carbonyl (C=O) groups excluding carboxylic acids is 2. The third kappa shape index (κ3) is 3.53. The molecule has 1 aromatic rings.